The first-order chi connectivity index (χ1) is 13.0. The average Bonchev–Trinajstić information content (AvgIpc) is 3.08. The second-order valence-electron chi connectivity index (χ2n) is 7.47. The fourth-order valence-corrected chi connectivity index (χ4v) is 4.05. The van der Waals surface area contributed by atoms with Gasteiger partial charge in [-0.25, -0.2) is 0 Å². The van der Waals surface area contributed by atoms with Crippen LogP contribution in [0.5, 0.6) is 0 Å². The van der Waals surface area contributed by atoms with Crippen LogP contribution in [-0.4, -0.2) is 62.7 Å². The zero-order valence-corrected chi connectivity index (χ0v) is 15.5. The van der Waals surface area contributed by atoms with Gasteiger partial charge in [-0.05, 0) is 44.7 Å². The molecule has 2 amide bonds. The molecule has 2 N–H and O–H groups in total. The van der Waals surface area contributed by atoms with Gasteiger partial charge in [-0.15, -0.1) is 15.3 Å². The second kappa shape index (κ2) is 7.13. The number of hydrogen-bond acceptors (Lipinski definition) is 6. The quantitative estimate of drug-likeness (QED) is 0.835. The van der Waals surface area contributed by atoms with Crippen molar-refractivity contribution in [1.29, 1.82) is 0 Å². The summed E-state index contributed by atoms with van der Waals surface area (Å²) in [5.41, 5.74) is 6.11. The van der Waals surface area contributed by atoms with E-state index in [2.05, 4.69) is 20.2 Å². The number of anilines is 1. The van der Waals surface area contributed by atoms with Crippen LogP contribution in [0.3, 0.4) is 0 Å². The largest absolute Gasteiger partial charge is 0.369 e. The summed E-state index contributed by atoms with van der Waals surface area (Å²) in [6.07, 6.45) is 3.00. The molecule has 0 saturated carbocycles. The van der Waals surface area contributed by atoms with Crippen LogP contribution in [0.15, 0.2) is 12.1 Å². The Bertz CT molecular complexity index is 849. The lowest BCUT2D eigenvalue weighted by atomic mass is 9.92. The van der Waals surface area contributed by atoms with Gasteiger partial charge in [0.05, 0.1) is 0 Å². The summed E-state index contributed by atoms with van der Waals surface area (Å²) in [4.78, 5) is 28.2. The molecule has 0 atom stereocenters. The molecule has 4 rings (SSSR count). The Morgan fingerprint density at radius 1 is 1.00 bits per heavy atom. The van der Waals surface area contributed by atoms with Gasteiger partial charge in [-0.2, -0.15) is 4.52 Å². The van der Waals surface area contributed by atoms with Crippen molar-refractivity contribution in [3.8, 4) is 0 Å². The molecule has 2 aliphatic rings. The molecule has 27 heavy (non-hydrogen) atoms. The van der Waals surface area contributed by atoms with Crippen molar-refractivity contribution in [1.82, 2.24) is 24.7 Å². The predicted octanol–water partition coefficient (Wildman–Crippen LogP) is 0.373. The zero-order chi connectivity index (χ0) is 19.0. The van der Waals surface area contributed by atoms with Crippen molar-refractivity contribution >= 4 is 23.3 Å². The molecule has 0 aromatic carbocycles. The van der Waals surface area contributed by atoms with Gasteiger partial charge in [-0.3, -0.25) is 9.59 Å². The monoisotopic (exact) mass is 371 g/mol. The maximum absolute atomic E-state index is 12.8. The number of aryl methyl sites for hydroxylation is 1. The van der Waals surface area contributed by atoms with Gasteiger partial charge in [0.2, 0.25) is 11.8 Å². The van der Waals surface area contributed by atoms with Crippen LogP contribution in [0.25, 0.3) is 5.65 Å². The molecular formula is C18H25N7O2. The molecule has 144 valence electrons. The van der Waals surface area contributed by atoms with Crippen LogP contribution < -0.4 is 10.6 Å². The Kier molecular flexibility index (Phi) is 4.67. The Morgan fingerprint density at radius 3 is 2.33 bits per heavy atom. The standard InChI is InChI=1S/C18H25N7O2/c1-12-20-21-15-2-3-16(22-25(12)15)23-8-6-14(7-9-23)18(27)24-10-4-13(5-11-24)17(19)26/h2-3,13-14H,4-11H2,1H3,(H2,19,26). The van der Waals surface area contributed by atoms with E-state index in [4.69, 9.17) is 5.73 Å². The van der Waals surface area contributed by atoms with E-state index in [1.165, 1.54) is 0 Å². The van der Waals surface area contributed by atoms with E-state index in [1.54, 1.807) is 4.52 Å². The Labute approximate surface area is 157 Å². The van der Waals surface area contributed by atoms with Crippen molar-refractivity contribution < 1.29 is 9.59 Å². The van der Waals surface area contributed by atoms with Crippen molar-refractivity contribution in [3.05, 3.63) is 18.0 Å². The topological polar surface area (TPSA) is 110 Å². The Balaban J connectivity index is 1.35. The molecule has 0 unspecified atom stereocenters. The fourth-order valence-electron chi connectivity index (χ4n) is 4.05. The molecular weight excluding hydrogens is 346 g/mol. The highest BCUT2D eigenvalue weighted by Crippen LogP contribution is 2.26. The van der Waals surface area contributed by atoms with Crippen molar-refractivity contribution in [2.45, 2.75) is 32.6 Å². The maximum atomic E-state index is 12.8. The third kappa shape index (κ3) is 3.45. The minimum Gasteiger partial charge on any atom is -0.369 e. The summed E-state index contributed by atoms with van der Waals surface area (Å²) in [5, 5.41) is 12.7. The van der Waals surface area contributed by atoms with Crippen LogP contribution in [-0.2, 0) is 9.59 Å². The highest BCUT2D eigenvalue weighted by molar-refractivity contribution is 5.80. The lowest BCUT2D eigenvalue weighted by Gasteiger charge is -2.37. The van der Waals surface area contributed by atoms with Gasteiger partial charge in [0, 0.05) is 38.0 Å². The van der Waals surface area contributed by atoms with Crippen LogP contribution in [0.1, 0.15) is 31.5 Å². The van der Waals surface area contributed by atoms with Crippen molar-refractivity contribution in [2.24, 2.45) is 17.6 Å². The van der Waals surface area contributed by atoms with Gasteiger partial charge >= 0.3 is 0 Å². The molecule has 2 aromatic rings. The third-order valence-corrected chi connectivity index (χ3v) is 5.78. The van der Waals surface area contributed by atoms with Crippen molar-refractivity contribution in [3.63, 3.8) is 0 Å². The highest BCUT2D eigenvalue weighted by Gasteiger charge is 2.32. The SMILES string of the molecule is Cc1nnc2ccc(N3CCC(C(=O)N4CCC(C(N)=O)CC4)CC3)nn12. The van der Waals surface area contributed by atoms with Crippen LogP contribution in [0, 0.1) is 18.8 Å². The number of fused-ring (bicyclic) bond motifs is 1. The van der Waals surface area contributed by atoms with E-state index in [-0.39, 0.29) is 23.7 Å². The summed E-state index contributed by atoms with van der Waals surface area (Å²) in [5.74, 6) is 1.58. The molecule has 2 aliphatic heterocycles. The van der Waals surface area contributed by atoms with Gasteiger partial charge in [0.1, 0.15) is 5.82 Å². The minimum atomic E-state index is -0.247. The lowest BCUT2D eigenvalue weighted by Crippen LogP contribution is -2.47. The van der Waals surface area contributed by atoms with Gasteiger partial charge < -0.3 is 15.5 Å². The number of primary amides is 1. The van der Waals surface area contributed by atoms with E-state index < -0.39 is 0 Å². The number of carbonyl (C=O) groups is 2. The summed E-state index contributed by atoms with van der Waals surface area (Å²) in [6, 6.07) is 3.88. The normalized spacial score (nSPS) is 19.6. The first-order valence-electron chi connectivity index (χ1n) is 9.55. The number of rotatable bonds is 3. The smallest absolute Gasteiger partial charge is 0.225 e. The summed E-state index contributed by atoms with van der Waals surface area (Å²) < 4.78 is 1.75. The highest BCUT2D eigenvalue weighted by atomic mass is 16.2. The first-order valence-corrected chi connectivity index (χ1v) is 9.55. The molecule has 4 heterocycles. The Hall–Kier alpha value is -2.71. The first kappa shape index (κ1) is 17.7. The van der Waals surface area contributed by atoms with E-state index in [0.29, 0.717) is 25.9 Å². The number of amides is 2. The van der Waals surface area contributed by atoms with E-state index in [1.807, 2.05) is 24.0 Å². The van der Waals surface area contributed by atoms with Gasteiger partial charge in [0.15, 0.2) is 11.5 Å². The molecule has 9 heteroatoms. The molecule has 0 bridgehead atoms. The minimum absolute atomic E-state index is 0.0479. The molecule has 9 nitrogen and oxygen atoms in total. The maximum Gasteiger partial charge on any atom is 0.225 e. The zero-order valence-electron chi connectivity index (χ0n) is 15.5. The number of aromatic nitrogens is 4. The van der Waals surface area contributed by atoms with E-state index in [9.17, 15) is 9.59 Å². The number of nitrogens with two attached hydrogens (primary N) is 1. The number of hydrogen-bond donors (Lipinski definition) is 1. The van der Waals surface area contributed by atoms with Gasteiger partial charge in [0.25, 0.3) is 0 Å². The molecule has 2 aromatic heterocycles. The second-order valence-corrected chi connectivity index (χ2v) is 7.47. The summed E-state index contributed by atoms with van der Waals surface area (Å²) in [6.45, 7) is 4.75. The number of carbonyl (C=O) groups excluding carboxylic acids is 2. The molecule has 0 aliphatic carbocycles. The molecule has 2 saturated heterocycles. The molecule has 2 fully saturated rings. The van der Waals surface area contributed by atoms with E-state index in [0.717, 1.165) is 43.2 Å². The van der Waals surface area contributed by atoms with Gasteiger partial charge in [-0.1, -0.05) is 0 Å². The lowest BCUT2D eigenvalue weighted by molar-refractivity contribution is -0.139. The fraction of sp³-hybridized carbons (Fsp3) is 0.611. The number of nitrogens with zero attached hydrogens (tertiary/aromatic N) is 6. The van der Waals surface area contributed by atoms with Crippen LogP contribution in [0.4, 0.5) is 5.82 Å². The Morgan fingerprint density at radius 2 is 1.67 bits per heavy atom. The number of piperidine rings is 2. The van der Waals surface area contributed by atoms with Crippen LogP contribution in [0.2, 0.25) is 0 Å². The predicted molar refractivity (Wildman–Crippen MR) is 99.0 cm³/mol. The molecule has 0 spiro atoms. The number of likely N-dealkylation sites (tertiary alicyclic amines) is 1. The van der Waals surface area contributed by atoms with Crippen molar-refractivity contribution in [2.75, 3.05) is 31.1 Å². The summed E-state index contributed by atoms with van der Waals surface area (Å²) >= 11 is 0. The summed E-state index contributed by atoms with van der Waals surface area (Å²) in [7, 11) is 0. The van der Waals surface area contributed by atoms with Crippen LogP contribution >= 0.6 is 0 Å². The third-order valence-electron chi connectivity index (χ3n) is 5.78. The molecule has 0 radical (unpaired) electrons. The average molecular weight is 371 g/mol. The van der Waals surface area contributed by atoms with E-state index >= 15 is 0 Å².